The summed E-state index contributed by atoms with van der Waals surface area (Å²) in [5.74, 6) is 1.11. The van der Waals surface area contributed by atoms with Gasteiger partial charge in [-0.3, -0.25) is 4.79 Å². The monoisotopic (exact) mass is 363 g/mol. The first-order valence-electron chi connectivity index (χ1n) is 9.93. The van der Waals surface area contributed by atoms with Crippen molar-refractivity contribution in [2.24, 2.45) is 5.92 Å². The van der Waals surface area contributed by atoms with Gasteiger partial charge < -0.3 is 9.88 Å². The van der Waals surface area contributed by atoms with Crippen molar-refractivity contribution < 1.29 is 4.79 Å². The number of fused-ring (bicyclic) bond motifs is 1. The first-order valence-corrected chi connectivity index (χ1v) is 9.93. The largest absolute Gasteiger partial charge is 0.346 e. The lowest BCUT2D eigenvalue weighted by Crippen LogP contribution is -2.33. The van der Waals surface area contributed by atoms with Gasteiger partial charge in [0.2, 0.25) is 5.91 Å². The maximum atomic E-state index is 12.5. The topological polar surface area (TPSA) is 46.9 Å². The quantitative estimate of drug-likeness (QED) is 0.619. The standard InChI is InChI=1S/C23H29N3O/c1-4-19(5-2)23(27)24-17(3)22-25-20-13-9-10-14-21(20)26(22)16-15-18-11-7-6-8-12-18/h6-14,17,19H,4-5,15-16H2,1-3H3,(H,24,27). The number of hydrogen-bond acceptors (Lipinski definition) is 2. The predicted molar refractivity (Wildman–Crippen MR) is 111 cm³/mol. The summed E-state index contributed by atoms with van der Waals surface area (Å²) in [7, 11) is 0. The van der Waals surface area contributed by atoms with Crippen LogP contribution in [0, 0.1) is 5.92 Å². The molecule has 27 heavy (non-hydrogen) atoms. The van der Waals surface area contributed by atoms with E-state index in [1.54, 1.807) is 0 Å². The number of nitrogens with zero attached hydrogens (tertiary/aromatic N) is 2. The summed E-state index contributed by atoms with van der Waals surface area (Å²) >= 11 is 0. The fourth-order valence-corrected chi connectivity index (χ4v) is 3.60. The van der Waals surface area contributed by atoms with Crippen LogP contribution in [0.2, 0.25) is 0 Å². The zero-order chi connectivity index (χ0) is 19.2. The van der Waals surface area contributed by atoms with Crippen molar-refractivity contribution in [2.45, 2.75) is 52.6 Å². The highest BCUT2D eigenvalue weighted by atomic mass is 16.1. The molecule has 1 amide bonds. The second-order valence-corrected chi connectivity index (χ2v) is 7.09. The molecular weight excluding hydrogens is 334 g/mol. The van der Waals surface area contributed by atoms with Crippen molar-refractivity contribution in [1.82, 2.24) is 14.9 Å². The molecule has 0 radical (unpaired) electrons. The summed E-state index contributed by atoms with van der Waals surface area (Å²) in [6.45, 7) is 6.99. The number of hydrogen-bond donors (Lipinski definition) is 1. The van der Waals surface area contributed by atoms with Crippen LogP contribution in [0.3, 0.4) is 0 Å². The zero-order valence-corrected chi connectivity index (χ0v) is 16.5. The van der Waals surface area contributed by atoms with Crippen molar-refractivity contribution in [3.63, 3.8) is 0 Å². The lowest BCUT2D eigenvalue weighted by Gasteiger charge is -2.19. The number of benzene rings is 2. The Labute approximate surface area is 161 Å². The van der Waals surface area contributed by atoms with Crippen molar-refractivity contribution in [2.75, 3.05) is 0 Å². The van der Waals surface area contributed by atoms with Gasteiger partial charge in [-0.05, 0) is 43.9 Å². The fraction of sp³-hybridized carbons (Fsp3) is 0.391. The minimum absolute atomic E-state index is 0.0644. The Morgan fingerprint density at radius 1 is 1.04 bits per heavy atom. The number of para-hydroxylation sites is 2. The van der Waals surface area contributed by atoms with Gasteiger partial charge in [0.1, 0.15) is 5.82 Å². The molecule has 0 spiro atoms. The molecule has 0 aliphatic rings. The highest BCUT2D eigenvalue weighted by Crippen LogP contribution is 2.22. The van der Waals surface area contributed by atoms with Gasteiger partial charge in [0.05, 0.1) is 17.1 Å². The third kappa shape index (κ3) is 4.38. The summed E-state index contributed by atoms with van der Waals surface area (Å²) in [5, 5.41) is 3.18. The second-order valence-electron chi connectivity index (χ2n) is 7.09. The molecule has 1 N–H and O–H groups in total. The minimum atomic E-state index is -0.124. The molecule has 0 bridgehead atoms. The molecule has 1 atom stereocenters. The first kappa shape index (κ1) is 19.2. The third-order valence-electron chi connectivity index (χ3n) is 5.25. The number of aryl methyl sites for hydroxylation is 2. The van der Waals surface area contributed by atoms with E-state index in [4.69, 9.17) is 4.98 Å². The van der Waals surface area contributed by atoms with E-state index in [2.05, 4.69) is 54.1 Å². The minimum Gasteiger partial charge on any atom is -0.346 e. The van der Waals surface area contributed by atoms with E-state index in [9.17, 15) is 4.79 Å². The number of nitrogens with one attached hydrogen (secondary N) is 1. The Balaban J connectivity index is 1.86. The van der Waals surface area contributed by atoms with Crippen LogP contribution < -0.4 is 5.32 Å². The van der Waals surface area contributed by atoms with E-state index in [0.29, 0.717) is 0 Å². The average molecular weight is 364 g/mol. The Morgan fingerprint density at radius 2 is 1.70 bits per heavy atom. The Kier molecular flexibility index (Phi) is 6.28. The van der Waals surface area contributed by atoms with Crippen LogP contribution in [0.1, 0.15) is 51.0 Å². The van der Waals surface area contributed by atoms with Crippen LogP contribution in [0.25, 0.3) is 11.0 Å². The zero-order valence-electron chi connectivity index (χ0n) is 16.5. The molecule has 4 nitrogen and oxygen atoms in total. The molecule has 0 fully saturated rings. The molecule has 0 saturated carbocycles. The van der Waals surface area contributed by atoms with Crippen LogP contribution in [-0.4, -0.2) is 15.5 Å². The maximum Gasteiger partial charge on any atom is 0.223 e. The fourth-order valence-electron chi connectivity index (χ4n) is 3.60. The highest BCUT2D eigenvalue weighted by molar-refractivity contribution is 5.79. The number of carbonyl (C=O) groups is 1. The molecule has 142 valence electrons. The summed E-state index contributed by atoms with van der Waals surface area (Å²) < 4.78 is 2.25. The normalized spacial score (nSPS) is 12.4. The summed E-state index contributed by atoms with van der Waals surface area (Å²) in [5.41, 5.74) is 3.39. The van der Waals surface area contributed by atoms with Crippen molar-refractivity contribution in [1.29, 1.82) is 0 Å². The SMILES string of the molecule is CCC(CC)C(=O)NC(C)c1nc2ccccc2n1CCc1ccccc1. The van der Waals surface area contributed by atoms with Crippen LogP contribution in [-0.2, 0) is 17.8 Å². The Hall–Kier alpha value is -2.62. The van der Waals surface area contributed by atoms with E-state index in [-0.39, 0.29) is 17.9 Å². The Morgan fingerprint density at radius 3 is 2.41 bits per heavy atom. The van der Waals surface area contributed by atoms with Crippen molar-refractivity contribution in [3.8, 4) is 0 Å². The third-order valence-corrected chi connectivity index (χ3v) is 5.25. The van der Waals surface area contributed by atoms with Gasteiger partial charge in [0, 0.05) is 12.5 Å². The van der Waals surface area contributed by atoms with Gasteiger partial charge in [-0.1, -0.05) is 56.3 Å². The van der Waals surface area contributed by atoms with Gasteiger partial charge >= 0.3 is 0 Å². The molecule has 4 heteroatoms. The smallest absolute Gasteiger partial charge is 0.223 e. The molecule has 3 aromatic rings. The summed E-state index contributed by atoms with van der Waals surface area (Å²) in [6.07, 6.45) is 2.65. The van der Waals surface area contributed by atoms with Gasteiger partial charge in [-0.25, -0.2) is 4.98 Å². The van der Waals surface area contributed by atoms with Gasteiger partial charge in [0.25, 0.3) is 0 Å². The van der Waals surface area contributed by atoms with E-state index >= 15 is 0 Å². The average Bonchev–Trinajstić information content (AvgIpc) is 3.07. The van der Waals surface area contributed by atoms with E-state index in [1.807, 2.05) is 31.2 Å². The molecular formula is C23H29N3O. The molecule has 3 rings (SSSR count). The number of imidazole rings is 1. The molecule has 2 aromatic carbocycles. The maximum absolute atomic E-state index is 12.5. The van der Waals surface area contributed by atoms with Crippen molar-refractivity contribution in [3.05, 3.63) is 66.0 Å². The summed E-state index contributed by atoms with van der Waals surface area (Å²) in [4.78, 5) is 17.4. The van der Waals surface area contributed by atoms with Crippen molar-refractivity contribution >= 4 is 16.9 Å². The van der Waals surface area contributed by atoms with Gasteiger partial charge in [-0.2, -0.15) is 0 Å². The number of aromatic nitrogens is 2. The number of carbonyl (C=O) groups excluding carboxylic acids is 1. The van der Waals surface area contributed by atoms with E-state index < -0.39 is 0 Å². The number of rotatable bonds is 8. The van der Waals surface area contributed by atoms with Crippen LogP contribution in [0.5, 0.6) is 0 Å². The van der Waals surface area contributed by atoms with Crippen LogP contribution >= 0.6 is 0 Å². The molecule has 1 heterocycles. The van der Waals surface area contributed by atoms with Crippen LogP contribution in [0.15, 0.2) is 54.6 Å². The lowest BCUT2D eigenvalue weighted by molar-refractivity contribution is -0.125. The molecule has 1 unspecified atom stereocenters. The van der Waals surface area contributed by atoms with E-state index in [1.165, 1.54) is 5.56 Å². The first-order chi connectivity index (χ1) is 13.1. The van der Waals surface area contributed by atoms with Gasteiger partial charge in [-0.15, -0.1) is 0 Å². The molecule has 0 aliphatic carbocycles. The summed E-state index contributed by atoms with van der Waals surface area (Å²) in [6, 6.07) is 18.5. The highest BCUT2D eigenvalue weighted by Gasteiger charge is 2.21. The predicted octanol–water partition coefficient (Wildman–Crippen LogP) is 4.89. The Bertz CT molecular complexity index is 881. The number of amides is 1. The van der Waals surface area contributed by atoms with Crippen LogP contribution in [0.4, 0.5) is 0 Å². The molecule has 1 aromatic heterocycles. The lowest BCUT2D eigenvalue weighted by atomic mass is 10.0. The van der Waals surface area contributed by atoms with E-state index in [0.717, 1.165) is 42.7 Å². The second kappa shape index (κ2) is 8.85. The molecule has 0 saturated heterocycles. The molecule has 0 aliphatic heterocycles. The van der Waals surface area contributed by atoms with Gasteiger partial charge in [0.15, 0.2) is 0 Å².